The first kappa shape index (κ1) is 16.1. The first-order valence-electron chi connectivity index (χ1n) is 8.00. The van der Waals surface area contributed by atoms with Gasteiger partial charge in [-0.2, -0.15) is 0 Å². The smallest absolute Gasteiger partial charge is 0.236 e. The molecule has 0 atom stereocenters. The number of carbonyl (C=O) groups excluding carboxylic acids is 2. The predicted molar refractivity (Wildman–Crippen MR) is 96.5 cm³/mol. The van der Waals surface area contributed by atoms with Crippen LogP contribution in [0.5, 0.6) is 0 Å². The molecular formula is C19H21N3O2. The van der Waals surface area contributed by atoms with Crippen LogP contribution in [-0.2, 0) is 16.0 Å². The monoisotopic (exact) mass is 323 g/mol. The van der Waals surface area contributed by atoms with Gasteiger partial charge in [0.2, 0.25) is 11.8 Å². The van der Waals surface area contributed by atoms with Gasteiger partial charge in [0.1, 0.15) is 6.42 Å². The third-order valence-corrected chi connectivity index (χ3v) is 4.17. The molecule has 2 aromatic carbocycles. The molecule has 0 saturated heterocycles. The highest BCUT2D eigenvalue weighted by Crippen LogP contribution is 2.28. The number of nitrogens with zero attached hydrogens (tertiary/aromatic N) is 2. The first-order valence-corrected chi connectivity index (χ1v) is 8.00. The molecule has 0 fully saturated rings. The third kappa shape index (κ3) is 3.40. The van der Waals surface area contributed by atoms with Crippen LogP contribution in [0.3, 0.4) is 0 Å². The average molecular weight is 323 g/mol. The fourth-order valence-electron chi connectivity index (χ4n) is 2.88. The molecule has 0 aromatic heterocycles. The Morgan fingerprint density at radius 1 is 1.08 bits per heavy atom. The van der Waals surface area contributed by atoms with Crippen molar-refractivity contribution >= 4 is 28.9 Å². The van der Waals surface area contributed by atoms with Crippen molar-refractivity contribution in [1.82, 2.24) is 0 Å². The van der Waals surface area contributed by atoms with Gasteiger partial charge in [-0.15, -0.1) is 0 Å². The van der Waals surface area contributed by atoms with Gasteiger partial charge < -0.3 is 15.1 Å². The Morgan fingerprint density at radius 2 is 1.79 bits per heavy atom. The van der Waals surface area contributed by atoms with Crippen LogP contribution in [-0.4, -0.2) is 32.5 Å². The average Bonchev–Trinajstić information content (AvgIpc) is 2.99. The summed E-state index contributed by atoms with van der Waals surface area (Å²) < 4.78 is 0. The standard InChI is InChI=1S/C19H21N3O2/c1-21(2)16-9-7-15(8-10-16)20-18(23)13-19(24)22-12-11-14-5-3-4-6-17(14)22/h3-10H,11-13H2,1-2H3,(H,20,23). The topological polar surface area (TPSA) is 52.7 Å². The van der Waals surface area contributed by atoms with E-state index >= 15 is 0 Å². The Labute approximate surface area is 141 Å². The molecule has 1 heterocycles. The maximum absolute atomic E-state index is 12.4. The highest BCUT2D eigenvalue weighted by atomic mass is 16.2. The number of hydrogen-bond donors (Lipinski definition) is 1. The second-order valence-corrected chi connectivity index (χ2v) is 6.09. The molecule has 1 N–H and O–H groups in total. The van der Waals surface area contributed by atoms with Gasteiger partial charge in [0.15, 0.2) is 0 Å². The molecule has 5 nitrogen and oxygen atoms in total. The molecule has 3 rings (SSSR count). The Balaban J connectivity index is 1.60. The first-order chi connectivity index (χ1) is 11.5. The van der Waals surface area contributed by atoms with E-state index < -0.39 is 0 Å². The maximum Gasteiger partial charge on any atom is 0.236 e. The summed E-state index contributed by atoms with van der Waals surface area (Å²) >= 11 is 0. The number of nitrogens with one attached hydrogen (secondary N) is 1. The van der Waals surface area contributed by atoms with E-state index in [1.54, 1.807) is 4.90 Å². The SMILES string of the molecule is CN(C)c1ccc(NC(=O)CC(=O)N2CCc3ccccc32)cc1. The van der Waals surface area contributed by atoms with Crippen molar-refractivity contribution < 1.29 is 9.59 Å². The van der Waals surface area contributed by atoms with Crippen molar-refractivity contribution in [2.75, 3.05) is 35.8 Å². The molecule has 0 spiro atoms. The molecule has 0 aliphatic carbocycles. The van der Waals surface area contributed by atoms with Gasteiger partial charge in [0.05, 0.1) is 0 Å². The highest BCUT2D eigenvalue weighted by Gasteiger charge is 2.25. The summed E-state index contributed by atoms with van der Waals surface area (Å²) in [6, 6.07) is 15.4. The van der Waals surface area contributed by atoms with E-state index in [1.165, 1.54) is 0 Å². The number of fused-ring (bicyclic) bond motifs is 1. The molecule has 24 heavy (non-hydrogen) atoms. The van der Waals surface area contributed by atoms with Crippen molar-refractivity contribution in [1.29, 1.82) is 0 Å². The number of benzene rings is 2. The molecule has 0 bridgehead atoms. The lowest BCUT2D eigenvalue weighted by molar-refractivity contribution is -0.125. The van der Waals surface area contributed by atoms with E-state index in [9.17, 15) is 9.59 Å². The van der Waals surface area contributed by atoms with E-state index in [4.69, 9.17) is 0 Å². The van der Waals surface area contributed by atoms with E-state index in [-0.39, 0.29) is 18.2 Å². The zero-order chi connectivity index (χ0) is 17.1. The van der Waals surface area contributed by atoms with Crippen molar-refractivity contribution in [2.45, 2.75) is 12.8 Å². The van der Waals surface area contributed by atoms with Gasteiger partial charge in [-0.3, -0.25) is 9.59 Å². The van der Waals surface area contributed by atoms with Crippen molar-refractivity contribution in [3.63, 3.8) is 0 Å². The minimum atomic E-state index is -0.290. The van der Waals surface area contributed by atoms with Crippen LogP contribution in [0.4, 0.5) is 17.1 Å². The Morgan fingerprint density at radius 3 is 2.50 bits per heavy atom. The maximum atomic E-state index is 12.4. The zero-order valence-electron chi connectivity index (χ0n) is 14.0. The normalized spacial score (nSPS) is 12.7. The summed E-state index contributed by atoms with van der Waals surface area (Å²) in [6.45, 7) is 0.642. The number of hydrogen-bond acceptors (Lipinski definition) is 3. The zero-order valence-corrected chi connectivity index (χ0v) is 14.0. The molecule has 1 aliphatic heterocycles. The molecule has 0 unspecified atom stereocenters. The number of anilines is 3. The van der Waals surface area contributed by atoms with Crippen LogP contribution in [0.15, 0.2) is 48.5 Å². The van der Waals surface area contributed by atoms with Crippen LogP contribution in [0.1, 0.15) is 12.0 Å². The lowest BCUT2D eigenvalue weighted by atomic mass is 10.2. The number of para-hydroxylation sites is 1. The number of amides is 2. The van der Waals surface area contributed by atoms with E-state index in [2.05, 4.69) is 5.32 Å². The van der Waals surface area contributed by atoms with Crippen LogP contribution < -0.4 is 15.1 Å². The van der Waals surface area contributed by atoms with Gasteiger partial charge in [-0.25, -0.2) is 0 Å². The van der Waals surface area contributed by atoms with Gasteiger partial charge in [-0.05, 0) is 42.3 Å². The number of rotatable bonds is 4. The Hall–Kier alpha value is -2.82. The molecule has 5 heteroatoms. The van der Waals surface area contributed by atoms with Crippen LogP contribution >= 0.6 is 0 Å². The fraction of sp³-hybridized carbons (Fsp3) is 0.263. The van der Waals surface area contributed by atoms with Gasteiger partial charge in [0, 0.05) is 37.7 Å². The summed E-state index contributed by atoms with van der Waals surface area (Å²) in [4.78, 5) is 28.2. The summed E-state index contributed by atoms with van der Waals surface area (Å²) in [7, 11) is 3.92. The molecular weight excluding hydrogens is 302 g/mol. The van der Waals surface area contributed by atoms with E-state index in [0.29, 0.717) is 12.2 Å². The van der Waals surface area contributed by atoms with Gasteiger partial charge >= 0.3 is 0 Å². The van der Waals surface area contributed by atoms with Gasteiger partial charge in [-0.1, -0.05) is 18.2 Å². The largest absolute Gasteiger partial charge is 0.378 e. The van der Waals surface area contributed by atoms with Crippen LogP contribution in [0.25, 0.3) is 0 Å². The quantitative estimate of drug-likeness (QED) is 0.880. The van der Waals surface area contributed by atoms with Crippen LogP contribution in [0.2, 0.25) is 0 Å². The summed E-state index contributed by atoms with van der Waals surface area (Å²) in [6.07, 6.45) is 0.694. The second kappa shape index (κ2) is 6.74. The van der Waals surface area contributed by atoms with Crippen molar-refractivity contribution in [3.05, 3.63) is 54.1 Å². The molecule has 2 amide bonds. The summed E-state index contributed by atoms with van der Waals surface area (Å²) in [5.74, 6) is -0.454. The fourth-order valence-corrected chi connectivity index (χ4v) is 2.88. The lowest BCUT2D eigenvalue weighted by Gasteiger charge is -2.17. The highest BCUT2D eigenvalue weighted by molar-refractivity contribution is 6.09. The minimum Gasteiger partial charge on any atom is -0.378 e. The molecule has 124 valence electrons. The molecule has 1 aliphatic rings. The second-order valence-electron chi connectivity index (χ2n) is 6.09. The molecule has 0 radical (unpaired) electrons. The van der Waals surface area contributed by atoms with E-state index in [1.807, 2.05) is 67.5 Å². The summed E-state index contributed by atoms with van der Waals surface area (Å²) in [5, 5.41) is 2.78. The number of carbonyl (C=O) groups is 2. The predicted octanol–water partition coefficient (Wildman–Crippen LogP) is 2.67. The molecule has 0 saturated carbocycles. The van der Waals surface area contributed by atoms with Crippen molar-refractivity contribution in [2.24, 2.45) is 0 Å². The van der Waals surface area contributed by atoms with Crippen LogP contribution in [0, 0.1) is 0 Å². The summed E-state index contributed by atoms with van der Waals surface area (Å²) in [5.41, 5.74) is 3.83. The van der Waals surface area contributed by atoms with Crippen molar-refractivity contribution in [3.8, 4) is 0 Å². The third-order valence-electron chi connectivity index (χ3n) is 4.17. The lowest BCUT2D eigenvalue weighted by Crippen LogP contribution is -2.32. The Bertz CT molecular complexity index is 753. The molecule has 2 aromatic rings. The van der Waals surface area contributed by atoms with Gasteiger partial charge in [0.25, 0.3) is 0 Å². The van der Waals surface area contributed by atoms with E-state index in [0.717, 1.165) is 23.4 Å². The minimum absolute atomic E-state index is 0.149. The Kier molecular flexibility index (Phi) is 4.51.